The van der Waals surface area contributed by atoms with E-state index in [0.717, 1.165) is 0 Å². The molecule has 0 spiro atoms. The van der Waals surface area contributed by atoms with Crippen molar-refractivity contribution in [1.29, 1.82) is 0 Å². The van der Waals surface area contributed by atoms with E-state index in [1.54, 1.807) is 0 Å². The Kier molecular flexibility index (Phi) is 7.16. The van der Waals surface area contributed by atoms with Gasteiger partial charge in [0.05, 0.1) is 0 Å². The Hall–Kier alpha value is -0.560. The first kappa shape index (κ1) is 10.4. The van der Waals surface area contributed by atoms with E-state index in [9.17, 15) is 0 Å². The molecule has 0 atom stereocenters. The molecule has 0 aliphatic carbocycles. The van der Waals surface area contributed by atoms with Gasteiger partial charge in [0, 0.05) is 22.4 Å². The summed E-state index contributed by atoms with van der Waals surface area (Å²) >= 11 is 0. The summed E-state index contributed by atoms with van der Waals surface area (Å²) in [6, 6.07) is 20.0. The molecule has 2 aromatic carbocycles. The average molecular weight is 223 g/mol. The van der Waals surface area contributed by atoms with Crippen molar-refractivity contribution in [3.05, 3.63) is 60.7 Å². The van der Waals surface area contributed by atoms with E-state index < -0.39 is 0 Å². The molecule has 11 heavy (non-hydrogen) atoms. The molecule has 0 fully saturated rings. The molecule has 2 rings (SSSR count). The second-order valence-electron chi connectivity index (χ2n) is 1.92. The normalized spacial score (nSPS) is 7.27. The minimum Gasteiger partial charge on any atom is -0.748 e. The zero-order valence-electron chi connectivity index (χ0n) is 6.22. The van der Waals surface area contributed by atoms with Gasteiger partial charge in [0.1, 0.15) is 0 Å². The standard InChI is InChI=1S/2C5H5.Nb/c2*1-2-4-5-3-1;/h2*1-5H;/q-5;-1;. The van der Waals surface area contributed by atoms with Gasteiger partial charge in [0.2, 0.25) is 0 Å². The van der Waals surface area contributed by atoms with Crippen molar-refractivity contribution in [3.8, 4) is 0 Å². The Balaban J connectivity index is 0.000000167. The van der Waals surface area contributed by atoms with Crippen LogP contribution in [0.5, 0.6) is 0 Å². The Morgan fingerprint density at radius 3 is 1.18 bits per heavy atom. The van der Waals surface area contributed by atoms with Crippen LogP contribution in [0, 0.1) is 0 Å². The van der Waals surface area contributed by atoms with Gasteiger partial charge >= 0.3 is 0 Å². The van der Waals surface area contributed by atoms with Crippen molar-refractivity contribution in [1.82, 2.24) is 0 Å². The van der Waals surface area contributed by atoms with E-state index in [2.05, 4.69) is 0 Å². The van der Waals surface area contributed by atoms with Crippen molar-refractivity contribution < 1.29 is 22.4 Å². The maximum absolute atomic E-state index is 2.00. The summed E-state index contributed by atoms with van der Waals surface area (Å²) in [4.78, 5) is 0. The first-order valence-electron chi connectivity index (χ1n) is 3.33. The summed E-state index contributed by atoms with van der Waals surface area (Å²) in [7, 11) is 0. The molecule has 0 bridgehead atoms. The molecule has 0 saturated heterocycles. The molecular formula is C10H10Nb-6. The third-order valence-electron chi connectivity index (χ3n) is 1.11. The van der Waals surface area contributed by atoms with Crippen molar-refractivity contribution in [3.63, 3.8) is 0 Å². The number of hydrogen-bond acceptors (Lipinski definition) is 0. The molecule has 0 unspecified atom stereocenters. The molecule has 0 aliphatic heterocycles. The van der Waals surface area contributed by atoms with E-state index in [0.29, 0.717) is 0 Å². The summed E-state index contributed by atoms with van der Waals surface area (Å²) in [5.74, 6) is 0. The van der Waals surface area contributed by atoms with Gasteiger partial charge in [-0.3, -0.25) is 0 Å². The average Bonchev–Trinajstić information content (AvgIpc) is 2.67. The fourth-order valence-electron chi connectivity index (χ4n) is 0.642. The van der Waals surface area contributed by atoms with Crippen LogP contribution in [0.25, 0.3) is 0 Å². The van der Waals surface area contributed by atoms with E-state index >= 15 is 0 Å². The maximum Gasteiger partial charge on any atom is 0 e. The van der Waals surface area contributed by atoms with Gasteiger partial charge in [-0.25, -0.2) is 12.1 Å². The quantitative estimate of drug-likeness (QED) is 0.476. The monoisotopic (exact) mass is 223 g/mol. The van der Waals surface area contributed by atoms with Crippen LogP contribution in [0.15, 0.2) is 60.7 Å². The van der Waals surface area contributed by atoms with Gasteiger partial charge < -0.3 is 30.3 Å². The molecule has 1 radical (unpaired) electrons. The van der Waals surface area contributed by atoms with Gasteiger partial charge in [-0.1, -0.05) is 0 Å². The molecule has 0 amide bonds. The molecule has 1 heteroatoms. The number of rotatable bonds is 0. The van der Waals surface area contributed by atoms with Crippen LogP contribution in [-0.4, -0.2) is 0 Å². The molecule has 0 aromatic heterocycles. The summed E-state index contributed by atoms with van der Waals surface area (Å²) in [5.41, 5.74) is 0. The Morgan fingerprint density at radius 1 is 0.636 bits per heavy atom. The van der Waals surface area contributed by atoms with Crippen molar-refractivity contribution in [2.75, 3.05) is 0 Å². The molecule has 0 heterocycles. The first-order valence-corrected chi connectivity index (χ1v) is 3.33. The van der Waals surface area contributed by atoms with Crippen LogP contribution in [0.3, 0.4) is 0 Å². The zero-order valence-corrected chi connectivity index (χ0v) is 8.42. The summed E-state index contributed by atoms with van der Waals surface area (Å²) in [6.07, 6.45) is 0. The fraction of sp³-hybridized carbons (Fsp3) is 0. The molecular weight excluding hydrogens is 213 g/mol. The van der Waals surface area contributed by atoms with Crippen LogP contribution in [0.2, 0.25) is 0 Å². The van der Waals surface area contributed by atoms with Crippen LogP contribution >= 0.6 is 0 Å². The van der Waals surface area contributed by atoms with E-state index in [4.69, 9.17) is 0 Å². The topological polar surface area (TPSA) is 0 Å². The minimum atomic E-state index is 0. The third kappa shape index (κ3) is 5.86. The van der Waals surface area contributed by atoms with Gasteiger partial charge in [-0.05, 0) is 0 Å². The predicted molar refractivity (Wildman–Crippen MR) is 44.1 cm³/mol. The van der Waals surface area contributed by atoms with E-state index in [-0.39, 0.29) is 22.4 Å². The Bertz CT molecular complexity index is 144. The van der Waals surface area contributed by atoms with Crippen LogP contribution in [0.4, 0.5) is 0 Å². The van der Waals surface area contributed by atoms with Crippen LogP contribution < -0.4 is 0 Å². The summed E-state index contributed by atoms with van der Waals surface area (Å²) < 4.78 is 0. The SMILES string of the molecule is [Nb].[cH-]1[cH-][cH-][cH-][cH-]1.c1cc[cH-]c1. The Labute approximate surface area is 83.1 Å². The molecule has 0 N–H and O–H groups in total. The van der Waals surface area contributed by atoms with Crippen LogP contribution in [0.1, 0.15) is 0 Å². The van der Waals surface area contributed by atoms with Crippen molar-refractivity contribution in [2.45, 2.75) is 0 Å². The van der Waals surface area contributed by atoms with Gasteiger partial charge in [0.15, 0.2) is 0 Å². The molecule has 61 valence electrons. The molecule has 0 saturated carbocycles. The first-order chi connectivity index (χ1) is 5.00. The van der Waals surface area contributed by atoms with Gasteiger partial charge in [-0.15, -0.1) is 0 Å². The maximum atomic E-state index is 2.00. The fourth-order valence-corrected chi connectivity index (χ4v) is 0.642. The second kappa shape index (κ2) is 7.55. The van der Waals surface area contributed by atoms with E-state index in [1.807, 2.05) is 60.7 Å². The molecule has 0 nitrogen and oxygen atoms in total. The predicted octanol–water partition coefficient (Wildman–Crippen LogP) is 2.81. The third-order valence-corrected chi connectivity index (χ3v) is 1.11. The van der Waals surface area contributed by atoms with Gasteiger partial charge in [-0.2, -0.15) is 18.2 Å². The van der Waals surface area contributed by atoms with Crippen molar-refractivity contribution in [2.24, 2.45) is 0 Å². The second-order valence-corrected chi connectivity index (χ2v) is 1.92. The van der Waals surface area contributed by atoms with Gasteiger partial charge in [0.25, 0.3) is 0 Å². The number of hydrogen-bond donors (Lipinski definition) is 0. The van der Waals surface area contributed by atoms with Crippen LogP contribution in [-0.2, 0) is 22.4 Å². The summed E-state index contributed by atoms with van der Waals surface area (Å²) in [6.45, 7) is 0. The smallest absolute Gasteiger partial charge is 0 e. The van der Waals surface area contributed by atoms with E-state index in [1.165, 1.54) is 0 Å². The Morgan fingerprint density at radius 2 is 1.00 bits per heavy atom. The molecule has 0 aliphatic rings. The summed E-state index contributed by atoms with van der Waals surface area (Å²) in [5, 5.41) is 0. The minimum absolute atomic E-state index is 0. The largest absolute Gasteiger partial charge is 0.748 e. The molecule has 2 aromatic rings. The zero-order chi connectivity index (χ0) is 7.07. The van der Waals surface area contributed by atoms with Crippen molar-refractivity contribution >= 4 is 0 Å².